The topological polar surface area (TPSA) is 3.24 Å². The van der Waals surface area contributed by atoms with Crippen LogP contribution in [0.5, 0.6) is 0 Å². The number of piperidine rings is 1. The van der Waals surface area contributed by atoms with Gasteiger partial charge >= 0.3 is 0 Å². The van der Waals surface area contributed by atoms with Crippen LogP contribution in [0.3, 0.4) is 0 Å². The highest BCUT2D eigenvalue weighted by atomic mass is 35.5. The van der Waals surface area contributed by atoms with Crippen LogP contribution in [-0.4, -0.2) is 30.4 Å². The van der Waals surface area contributed by atoms with E-state index in [-0.39, 0.29) is 0 Å². The van der Waals surface area contributed by atoms with E-state index >= 15 is 0 Å². The largest absolute Gasteiger partial charge is 0.303 e. The fourth-order valence-corrected chi connectivity index (χ4v) is 4.16. The second-order valence-corrected chi connectivity index (χ2v) is 7.15. The monoisotopic (exact) mass is 271 g/mol. The molecule has 2 heteroatoms. The van der Waals surface area contributed by atoms with E-state index in [2.05, 4.69) is 11.8 Å². The summed E-state index contributed by atoms with van der Waals surface area (Å²) in [6, 6.07) is 0. The van der Waals surface area contributed by atoms with Gasteiger partial charge in [-0.05, 0) is 69.5 Å². The van der Waals surface area contributed by atoms with Gasteiger partial charge in [0.2, 0.25) is 0 Å². The zero-order valence-corrected chi connectivity index (χ0v) is 12.9. The normalized spacial score (nSPS) is 26.3. The van der Waals surface area contributed by atoms with E-state index in [1.807, 2.05) is 0 Å². The molecule has 0 aromatic carbocycles. The molecule has 0 N–H and O–H groups in total. The van der Waals surface area contributed by atoms with Crippen LogP contribution in [0.2, 0.25) is 0 Å². The average molecular weight is 272 g/mol. The first kappa shape index (κ1) is 14.7. The molecule has 1 unspecified atom stereocenters. The molecule has 18 heavy (non-hydrogen) atoms. The molecule has 0 radical (unpaired) electrons. The lowest BCUT2D eigenvalue weighted by Gasteiger charge is -2.44. The first-order chi connectivity index (χ1) is 8.74. The Hall–Kier alpha value is 0.250. The smallest absolute Gasteiger partial charge is 0.0225 e. The zero-order chi connectivity index (χ0) is 12.8. The van der Waals surface area contributed by atoms with E-state index in [0.29, 0.717) is 0 Å². The Kier molecular flexibility index (Phi) is 5.82. The fraction of sp³-hybridized carbons (Fsp3) is 1.00. The molecule has 2 aliphatic rings. The maximum Gasteiger partial charge on any atom is 0.0225 e. The fourth-order valence-electron chi connectivity index (χ4n) is 3.79. The van der Waals surface area contributed by atoms with Gasteiger partial charge < -0.3 is 4.90 Å². The Labute approximate surface area is 118 Å². The number of hydrogen-bond acceptors (Lipinski definition) is 1. The second kappa shape index (κ2) is 7.14. The standard InChI is InChI=1S/C16H30ClN/c1-15(5-11-17)6-12-18-13-9-16(10-14-18)7-3-2-4-8-16/h15H,2-14H2,1H3. The molecular weight excluding hydrogens is 242 g/mol. The van der Waals surface area contributed by atoms with Crippen LogP contribution in [0.15, 0.2) is 0 Å². The van der Waals surface area contributed by atoms with E-state index in [1.165, 1.54) is 77.4 Å². The number of likely N-dealkylation sites (tertiary alicyclic amines) is 1. The molecule has 0 bridgehead atoms. The van der Waals surface area contributed by atoms with Crippen LogP contribution < -0.4 is 0 Å². The number of halogens is 1. The lowest BCUT2D eigenvalue weighted by atomic mass is 9.68. The maximum absolute atomic E-state index is 5.80. The molecule has 106 valence electrons. The summed E-state index contributed by atoms with van der Waals surface area (Å²) in [6.45, 7) is 6.35. The molecule has 1 heterocycles. The van der Waals surface area contributed by atoms with Crippen LogP contribution in [0.1, 0.15) is 64.7 Å². The third kappa shape index (κ3) is 4.13. The summed E-state index contributed by atoms with van der Waals surface area (Å²) in [7, 11) is 0. The molecule has 2 rings (SSSR count). The van der Waals surface area contributed by atoms with Gasteiger partial charge in [-0.25, -0.2) is 0 Å². The summed E-state index contributed by atoms with van der Waals surface area (Å²) in [5, 5.41) is 0. The Morgan fingerprint density at radius 3 is 2.28 bits per heavy atom. The van der Waals surface area contributed by atoms with Crippen LogP contribution in [0.25, 0.3) is 0 Å². The molecule has 1 saturated heterocycles. The predicted octanol–water partition coefficient (Wildman–Crippen LogP) is 4.69. The molecule has 1 aliphatic carbocycles. The third-order valence-electron chi connectivity index (χ3n) is 5.37. The maximum atomic E-state index is 5.80. The molecule has 1 saturated carbocycles. The van der Waals surface area contributed by atoms with Crippen molar-refractivity contribution in [1.82, 2.24) is 4.90 Å². The van der Waals surface area contributed by atoms with Crippen LogP contribution >= 0.6 is 11.6 Å². The van der Waals surface area contributed by atoms with Gasteiger partial charge in [-0.15, -0.1) is 11.6 Å². The summed E-state index contributed by atoms with van der Waals surface area (Å²) in [5.74, 6) is 1.62. The summed E-state index contributed by atoms with van der Waals surface area (Å²) in [4.78, 5) is 2.70. The SMILES string of the molecule is CC(CCCl)CCN1CCC2(CCCCC2)CC1. The molecule has 1 nitrogen and oxygen atoms in total. The van der Waals surface area contributed by atoms with E-state index in [4.69, 9.17) is 11.6 Å². The minimum atomic E-state index is 0.760. The molecule has 0 aromatic rings. The van der Waals surface area contributed by atoms with Gasteiger partial charge in [0, 0.05) is 5.88 Å². The summed E-state index contributed by atoms with van der Waals surface area (Å²) in [6.07, 6.45) is 13.0. The Balaban J connectivity index is 1.66. The Bertz CT molecular complexity index is 225. The van der Waals surface area contributed by atoms with Crippen molar-refractivity contribution in [2.24, 2.45) is 11.3 Å². The Morgan fingerprint density at radius 1 is 1.00 bits per heavy atom. The van der Waals surface area contributed by atoms with E-state index in [9.17, 15) is 0 Å². The van der Waals surface area contributed by atoms with Crippen LogP contribution in [0, 0.1) is 11.3 Å². The van der Waals surface area contributed by atoms with E-state index in [1.54, 1.807) is 0 Å². The van der Waals surface area contributed by atoms with Crippen molar-refractivity contribution < 1.29 is 0 Å². The highest BCUT2D eigenvalue weighted by Crippen LogP contribution is 2.44. The van der Waals surface area contributed by atoms with Crippen LogP contribution in [0.4, 0.5) is 0 Å². The summed E-state index contributed by atoms with van der Waals surface area (Å²) < 4.78 is 0. The molecule has 1 atom stereocenters. The molecule has 1 spiro atoms. The van der Waals surface area contributed by atoms with Gasteiger partial charge in [0.25, 0.3) is 0 Å². The third-order valence-corrected chi connectivity index (χ3v) is 5.59. The van der Waals surface area contributed by atoms with Gasteiger partial charge in [-0.1, -0.05) is 26.2 Å². The number of alkyl halides is 1. The molecule has 0 aromatic heterocycles. The van der Waals surface area contributed by atoms with Gasteiger partial charge in [-0.3, -0.25) is 0 Å². The van der Waals surface area contributed by atoms with Gasteiger partial charge in [-0.2, -0.15) is 0 Å². The number of rotatable bonds is 5. The number of hydrogen-bond donors (Lipinski definition) is 0. The minimum absolute atomic E-state index is 0.760. The second-order valence-electron chi connectivity index (χ2n) is 6.77. The van der Waals surface area contributed by atoms with Crippen molar-refractivity contribution in [3.8, 4) is 0 Å². The zero-order valence-electron chi connectivity index (χ0n) is 12.1. The molecule has 2 fully saturated rings. The lowest BCUT2D eigenvalue weighted by Crippen LogP contribution is -2.41. The Morgan fingerprint density at radius 2 is 1.67 bits per heavy atom. The average Bonchev–Trinajstić information content (AvgIpc) is 2.40. The number of nitrogens with zero attached hydrogens (tertiary/aromatic N) is 1. The van der Waals surface area contributed by atoms with Crippen molar-refractivity contribution in [3.63, 3.8) is 0 Å². The summed E-state index contributed by atoms with van der Waals surface area (Å²) >= 11 is 5.80. The lowest BCUT2D eigenvalue weighted by molar-refractivity contribution is 0.0653. The first-order valence-electron chi connectivity index (χ1n) is 8.02. The molecule has 1 aliphatic heterocycles. The highest BCUT2D eigenvalue weighted by molar-refractivity contribution is 6.17. The summed E-state index contributed by atoms with van der Waals surface area (Å²) in [5.41, 5.74) is 0.760. The van der Waals surface area contributed by atoms with E-state index in [0.717, 1.165) is 17.2 Å². The van der Waals surface area contributed by atoms with Gasteiger partial charge in [0.05, 0.1) is 0 Å². The van der Waals surface area contributed by atoms with Crippen LogP contribution in [-0.2, 0) is 0 Å². The van der Waals surface area contributed by atoms with Crippen molar-refractivity contribution in [3.05, 3.63) is 0 Å². The quantitative estimate of drug-likeness (QED) is 0.656. The van der Waals surface area contributed by atoms with Crippen molar-refractivity contribution in [2.45, 2.75) is 64.7 Å². The van der Waals surface area contributed by atoms with Crippen molar-refractivity contribution >= 4 is 11.6 Å². The minimum Gasteiger partial charge on any atom is -0.303 e. The van der Waals surface area contributed by atoms with E-state index < -0.39 is 0 Å². The highest BCUT2D eigenvalue weighted by Gasteiger charge is 2.35. The van der Waals surface area contributed by atoms with Gasteiger partial charge in [0.15, 0.2) is 0 Å². The van der Waals surface area contributed by atoms with Crippen molar-refractivity contribution in [2.75, 3.05) is 25.5 Å². The molecular formula is C16H30ClN. The molecule has 0 amide bonds. The van der Waals surface area contributed by atoms with Crippen molar-refractivity contribution in [1.29, 1.82) is 0 Å². The predicted molar refractivity (Wildman–Crippen MR) is 80.3 cm³/mol. The van der Waals surface area contributed by atoms with Gasteiger partial charge in [0.1, 0.15) is 0 Å². The first-order valence-corrected chi connectivity index (χ1v) is 8.56.